The van der Waals surface area contributed by atoms with Crippen molar-refractivity contribution in [3.05, 3.63) is 29.6 Å². The summed E-state index contributed by atoms with van der Waals surface area (Å²) in [6.07, 6.45) is 3.76. The fraction of sp³-hybridized carbons (Fsp3) is 0.615. The van der Waals surface area contributed by atoms with Crippen molar-refractivity contribution in [2.24, 2.45) is 0 Å². The molecule has 0 aliphatic rings. The first-order chi connectivity index (χ1) is 7.51. The molecule has 1 aromatic rings. The molecule has 0 saturated heterocycles. The van der Waals surface area contributed by atoms with E-state index in [1.54, 1.807) is 0 Å². The molecule has 0 radical (unpaired) electrons. The molecule has 0 aliphatic carbocycles. The van der Waals surface area contributed by atoms with Crippen molar-refractivity contribution in [1.29, 1.82) is 0 Å². The van der Waals surface area contributed by atoms with E-state index in [1.807, 2.05) is 26.4 Å². The number of aryl methyl sites for hydroxylation is 1. The molecule has 1 aromatic heterocycles. The number of pyridine rings is 1. The average Bonchev–Trinajstić information content (AvgIpc) is 2.18. The summed E-state index contributed by atoms with van der Waals surface area (Å²) in [5.41, 5.74) is 2.10. The van der Waals surface area contributed by atoms with Gasteiger partial charge in [-0.3, -0.25) is 4.98 Å². The highest BCUT2D eigenvalue weighted by Crippen LogP contribution is 2.28. The molecule has 3 nitrogen and oxygen atoms in total. The summed E-state index contributed by atoms with van der Waals surface area (Å²) in [6.45, 7) is 8.98. The van der Waals surface area contributed by atoms with Gasteiger partial charge < -0.3 is 10.1 Å². The maximum Gasteiger partial charge on any atom is 0.0820 e. The zero-order valence-electron chi connectivity index (χ0n) is 10.9. The Bertz CT molecular complexity index is 336. The van der Waals surface area contributed by atoms with Gasteiger partial charge in [0.05, 0.1) is 11.6 Å². The molecule has 1 rings (SSSR count). The van der Waals surface area contributed by atoms with Crippen molar-refractivity contribution in [3.8, 4) is 0 Å². The third-order valence-corrected chi connectivity index (χ3v) is 2.73. The second-order valence-electron chi connectivity index (χ2n) is 4.55. The predicted octanol–water partition coefficient (Wildman–Crippen LogP) is 2.47. The minimum Gasteiger partial charge on any atom is -0.374 e. The van der Waals surface area contributed by atoms with Gasteiger partial charge in [-0.05, 0) is 45.9 Å². The Balaban J connectivity index is 2.98. The minimum absolute atomic E-state index is 0.153. The van der Waals surface area contributed by atoms with E-state index in [1.165, 1.54) is 11.1 Å². The van der Waals surface area contributed by atoms with E-state index in [9.17, 15) is 0 Å². The smallest absolute Gasteiger partial charge is 0.0820 e. The summed E-state index contributed by atoms with van der Waals surface area (Å²) >= 11 is 0. The zero-order chi connectivity index (χ0) is 12.2. The number of hydrogen-bond acceptors (Lipinski definition) is 3. The molecule has 1 N–H and O–H groups in total. The normalized spacial score (nSPS) is 13.8. The summed E-state index contributed by atoms with van der Waals surface area (Å²) in [6, 6.07) is 2.30. The predicted molar refractivity (Wildman–Crippen MR) is 66.5 cm³/mol. The first kappa shape index (κ1) is 13.1. The van der Waals surface area contributed by atoms with Gasteiger partial charge in [0.2, 0.25) is 0 Å². The number of ether oxygens (including phenoxy) is 1. The van der Waals surface area contributed by atoms with Crippen LogP contribution < -0.4 is 5.32 Å². The third-order valence-electron chi connectivity index (χ3n) is 2.73. The molecule has 3 heteroatoms. The van der Waals surface area contributed by atoms with Crippen LogP contribution in [0.3, 0.4) is 0 Å². The Kier molecular flexibility index (Phi) is 4.44. The van der Waals surface area contributed by atoms with Gasteiger partial charge >= 0.3 is 0 Å². The third kappa shape index (κ3) is 3.03. The van der Waals surface area contributed by atoms with E-state index in [4.69, 9.17) is 4.74 Å². The van der Waals surface area contributed by atoms with Crippen LogP contribution in [0.25, 0.3) is 0 Å². The Morgan fingerprint density at radius 1 is 1.44 bits per heavy atom. The number of hydrogen-bond donors (Lipinski definition) is 1. The quantitative estimate of drug-likeness (QED) is 0.831. The van der Waals surface area contributed by atoms with E-state index in [0.29, 0.717) is 6.61 Å². The fourth-order valence-electron chi connectivity index (χ4n) is 2.11. The summed E-state index contributed by atoms with van der Waals surface area (Å²) in [5, 5.41) is 3.31. The number of rotatable bonds is 5. The van der Waals surface area contributed by atoms with Crippen LogP contribution in [0.4, 0.5) is 0 Å². The van der Waals surface area contributed by atoms with Crippen molar-refractivity contribution in [1.82, 2.24) is 10.3 Å². The highest BCUT2D eigenvalue weighted by molar-refractivity contribution is 5.22. The van der Waals surface area contributed by atoms with Crippen molar-refractivity contribution in [2.75, 3.05) is 13.7 Å². The van der Waals surface area contributed by atoms with Crippen LogP contribution >= 0.6 is 0 Å². The lowest BCUT2D eigenvalue weighted by atomic mass is 9.92. The van der Waals surface area contributed by atoms with Crippen LogP contribution in [0.1, 0.15) is 37.9 Å². The van der Waals surface area contributed by atoms with Crippen LogP contribution in [-0.4, -0.2) is 24.2 Å². The number of aromatic nitrogens is 1. The SMILES string of the molecule is CCOC(C)(C)C(NC)c1cncc(C)c1. The van der Waals surface area contributed by atoms with Crippen LogP contribution in [0, 0.1) is 6.92 Å². The summed E-state index contributed by atoms with van der Waals surface area (Å²) in [4.78, 5) is 4.23. The standard InChI is InChI=1S/C13H22N2O/c1-6-16-13(3,4)12(14-5)11-7-10(2)8-15-9-11/h7-9,12,14H,6H2,1-5H3. The molecule has 1 heterocycles. The van der Waals surface area contributed by atoms with Gasteiger partial charge in [0, 0.05) is 19.0 Å². The topological polar surface area (TPSA) is 34.1 Å². The van der Waals surface area contributed by atoms with E-state index >= 15 is 0 Å². The van der Waals surface area contributed by atoms with Crippen molar-refractivity contribution < 1.29 is 4.74 Å². The molecule has 0 amide bonds. The Hall–Kier alpha value is -0.930. The van der Waals surface area contributed by atoms with E-state index < -0.39 is 0 Å². The Labute approximate surface area is 98.2 Å². The molecule has 0 bridgehead atoms. The lowest BCUT2D eigenvalue weighted by molar-refractivity contribution is -0.0375. The molecule has 0 saturated carbocycles. The molecule has 0 fully saturated rings. The largest absolute Gasteiger partial charge is 0.374 e. The van der Waals surface area contributed by atoms with Gasteiger partial charge in [-0.1, -0.05) is 6.07 Å². The van der Waals surface area contributed by atoms with Gasteiger partial charge in [-0.25, -0.2) is 0 Å². The monoisotopic (exact) mass is 222 g/mol. The maximum absolute atomic E-state index is 5.79. The molecule has 0 spiro atoms. The summed E-state index contributed by atoms with van der Waals surface area (Å²) < 4.78 is 5.79. The van der Waals surface area contributed by atoms with Gasteiger partial charge in [0.25, 0.3) is 0 Å². The summed E-state index contributed by atoms with van der Waals surface area (Å²) in [5.74, 6) is 0. The fourth-order valence-corrected chi connectivity index (χ4v) is 2.11. The molecule has 1 unspecified atom stereocenters. The van der Waals surface area contributed by atoms with Gasteiger partial charge in [0.15, 0.2) is 0 Å². The van der Waals surface area contributed by atoms with Crippen LogP contribution in [-0.2, 0) is 4.74 Å². The first-order valence-electron chi connectivity index (χ1n) is 5.74. The van der Waals surface area contributed by atoms with Gasteiger partial charge in [-0.15, -0.1) is 0 Å². The number of nitrogens with one attached hydrogen (secondary N) is 1. The van der Waals surface area contributed by atoms with Crippen LogP contribution in [0.15, 0.2) is 18.5 Å². The van der Waals surface area contributed by atoms with Crippen molar-refractivity contribution >= 4 is 0 Å². The highest BCUT2D eigenvalue weighted by Gasteiger charge is 2.30. The first-order valence-corrected chi connectivity index (χ1v) is 5.74. The molecular weight excluding hydrogens is 200 g/mol. The summed E-state index contributed by atoms with van der Waals surface area (Å²) in [7, 11) is 1.95. The zero-order valence-corrected chi connectivity index (χ0v) is 10.9. The number of nitrogens with zero attached hydrogens (tertiary/aromatic N) is 1. The molecule has 0 aliphatic heterocycles. The molecule has 1 atom stereocenters. The van der Waals surface area contributed by atoms with Gasteiger partial charge in [0.1, 0.15) is 0 Å². The molecular formula is C13H22N2O. The Morgan fingerprint density at radius 3 is 2.62 bits per heavy atom. The van der Waals surface area contributed by atoms with Gasteiger partial charge in [-0.2, -0.15) is 0 Å². The molecule has 0 aromatic carbocycles. The van der Waals surface area contributed by atoms with Crippen LogP contribution in [0.2, 0.25) is 0 Å². The lowest BCUT2D eigenvalue weighted by Gasteiger charge is -2.34. The van der Waals surface area contributed by atoms with E-state index in [-0.39, 0.29) is 11.6 Å². The van der Waals surface area contributed by atoms with Crippen molar-refractivity contribution in [2.45, 2.75) is 39.3 Å². The Morgan fingerprint density at radius 2 is 2.12 bits per heavy atom. The number of likely N-dealkylation sites (N-methyl/N-ethyl adjacent to an activating group) is 1. The average molecular weight is 222 g/mol. The highest BCUT2D eigenvalue weighted by atomic mass is 16.5. The van der Waals surface area contributed by atoms with E-state index in [0.717, 1.165) is 0 Å². The minimum atomic E-state index is -0.237. The van der Waals surface area contributed by atoms with E-state index in [2.05, 4.69) is 37.1 Å². The molecule has 90 valence electrons. The van der Waals surface area contributed by atoms with Crippen molar-refractivity contribution in [3.63, 3.8) is 0 Å². The second-order valence-corrected chi connectivity index (χ2v) is 4.55. The second kappa shape index (κ2) is 5.41. The molecule has 16 heavy (non-hydrogen) atoms. The maximum atomic E-state index is 5.79. The van der Waals surface area contributed by atoms with Crippen LogP contribution in [0.5, 0.6) is 0 Å². The lowest BCUT2D eigenvalue weighted by Crippen LogP contribution is -2.40.